The summed E-state index contributed by atoms with van der Waals surface area (Å²) in [6.07, 6.45) is 1.81. The zero-order valence-corrected chi connectivity index (χ0v) is 17.6. The summed E-state index contributed by atoms with van der Waals surface area (Å²) in [4.78, 5) is 25.2. The lowest BCUT2D eigenvalue weighted by Gasteiger charge is -2.26. The minimum atomic E-state index is 0.0806. The largest absolute Gasteiger partial charge is 0.333 e. The fourth-order valence-electron chi connectivity index (χ4n) is 3.52. The maximum Gasteiger partial charge on any atom is 0.254 e. The van der Waals surface area contributed by atoms with Crippen molar-refractivity contribution in [2.24, 2.45) is 0 Å². The first-order valence-corrected chi connectivity index (χ1v) is 11.3. The molecule has 0 saturated heterocycles. The van der Waals surface area contributed by atoms with Gasteiger partial charge in [0.25, 0.3) is 5.91 Å². The number of carbonyl (C=O) groups is 1. The van der Waals surface area contributed by atoms with Crippen molar-refractivity contribution < 1.29 is 4.79 Å². The van der Waals surface area contributed by atoms with Crippen molar-refractivity contribution in [2.45, 2.75) is 26.3 Å². The Morgan fingerprint density at radius 1 is 1.10 bits per heavy atom. The van der Waals surface area contributed by atoms with E-state index in [-0.39, 0.29) is 5.91 Å². The number of amides is 1. The molecule has 2 aromatic heterocycles. The van der Waals surface area contributed by atoms with Gasteiger partial charge in [-0.25, -0.2) is 9.97 Å². The van der Waals surface area contributed by atoms with Crippen LogP contribution in [0.5, 0.6) is 0 Å². The van der Waals surface area contributed by atoms with E-state index in [1.165, 1.54) is 10.3 Å². The number of rotatable bonds is 4. The molecule has 0 unspecified atom stereocenters. The Morgan fingerprint density at radius 3 is 2.76 bits per heavy atom. The normalized spacial score (nSPS) is 13.5. The van der Waals surface area contributed by atoms with Crippen LogP contribution in [0.15, 0.2) is 48.5 Å². The SMILES string of the molecule is CCc1ccc2nc(Nc3nc4c(s3)CN(C(=O)c3ccccc3)CC4)sc2c1. The highest BCUT2D eigenvalue weighted by Crippen LogP contribution is 2.33. The van der Waals surface area contributed by atoms with E-state index < -0.39 is 0 Å². The van der Waals surface area contributed by atoms with Crippen LogP contribution in [-0.2, 0) is 19.4 Å². The number of nitrogens with zero attached hydrogens (tertiary/aromatic N) is 3. The van der Waals surface area contributed by atoms with Gasteiger partial charge in [-0.05, 0) is 36.2 Å². The minimum absolute atomic E-state index is 0.0806. The van der Waals surface area contributed by atoms with Gasteiger partial charge in [0.15, 0.2) is 10.3 Å². The highest BCUT2D eigenvalue weighted by atomic mass is 32.1. The van der Waals surface area contributed by atoms with E-state index in [0.717, 1.165) is 44.8 Å². The summed E-state index contributed by atoms with van der Waals surface area (Å²) in [6, 6.07) is 15.9. The average molecular weight is 421 g/mol. The third kappa shape index (κ3) is 3.63. The molecule has 7 heteroatoms. The molecule has 0 saturated carbocycles. The molecule has 5 rings (SSSR count). The lowest BCUT2D eigenvalue weighted by atomic mass is 10.1. The number of thiazole rings is 2. The Morgan fingerprint density at radius 2 is 1.93 bits per heavy atom. The number of fused-ring (bicyclic) bond motifs is 2. The van der Waals surface area contributed by atoms with Gasteiger partial charge in [0, 0.05) is 23.4 Å². The van der Waals surface area contributed by atoms with Gasteiger partial charge in [-0.15, -0.1) is 0 Å². The van der Waals surface area contributed by atoms with Crippen molar-refractivity contribution >= 4 is 49.1 Å². The first-order chi connectivity index (χ1) is 14.2. The topological polar surface area (TPSA) is 58.1 Å². The van der Waals surface area contributed by atoms with Crippen LogP contribution in [0, 0.1) is 0 Å². The number of aryl methyl sites for hydroxylation is 1. The van der Waals surface area contributed by atoms with Gasteiger partial charge < -0.3 is 10.2 Å². The van der Waals surface area contributed by atoms with Gasteiger partial charge in [-0.1, -0.05) is 53.9 Å². The molecule has 29 heavy (non-hydrogen) atoms. The number of aromatic nitrogens is 2. The summed E-state index contributed by atoms with van der Waals surface area (Å²) in [6.45, 7) is 3.47. The van der Waals surface area contributed by atoms with Crippen LogP contribution in [0.2, 0.25) is 0 Å². The molecular formula is C22H20N4OS2. The highest BCUT2D eigenvalue weighted by molar-refractivity contribution is 7.22. The van der Waals surface area contributed by atoms with Gasteiger partial charge in [-0.2, -0.15) is 0 Å². The van der Waals surface area contributed by atoms with Crippen LogP contribution in [0.4, 0.5) is 10.3 Å². The molecule has 0 fully saturated rings. The Labute approximate surface area is 177 Å². The van der Waals surface area contributed by atoms with Gasteiger partial charge in [0.05, 0.1) is 22.5 Å². The quantitative estimate of drug-likeness (QED) is 0.489. The number of anilines is 2. The van der Waals surface area contributed by atoms with Crippen LogP contribution < -0.4 is 5.32 Å². The molecule has 1 aliphatic heterocycles. The summed E-state index contributed by atoms with van der Waals surface area (Å²) in [7, 11) is 0. The first kappa shape index (κ1) is 18.3. The Kier molecular flexibility index (Phi) is 4.77. The number of benzene rings is 2. The van der Waals surface area contributed by atoms with Crippen molar-refractivity contribution in [1.82, 2.24) is 14.9 Å². The maximum atomic E-state index is 12.7. The van der Waals surface area contributed by atoms with Crippen molar-refractivity contribution in [3.05, 3.63) is 70.2 Å². The number of hydrogen-bond acceptors (Lipinski definition) is 6. The molecule has 4 aromatic rings. The van der Waals surface area contributed by atoms with Gasteiger partial charge in [-0.3, -0.25) is 4.79 Å². The van der Waals surface area contributed by atoms with Crippen molar-refractivity contribution in [3.8, 4) is 0 Å². The minimum Gasteiger partial charge on any atom is -0.333 e. The fraction of sp³-hybridized carbons (Fsp3) is 0.227. The standard InChI is InChI=1S/C22H20N4OS2/c1-2-14-8-9-16-18(12-14)28-21(23-16)25-22-24-17-10-11-26(13-19(17)29-22)20(27)15-6-4-3-5-7-15/h3-9,12H,2,10-11,13H2,1H3,(H,23,24,25). The number of nitrogens with one attached hydrogen (secondary N) is 1. The molecule has 0 spiro atoms. The van der Waals surface area contributed by atoms with E-state index in [4.69, 9.17) is 4.98 Å². The second kappa shape index (κ2) is 7.57. The highest BCUT2D eigenvalue weighted by Gasteiger charge is 2.25. The molecular weight excluding hydrogens is 400 g/mol. The Bertz CT molecular complexity index is 1180. The molecule has 0 aliphatic carbocycles. The van der Waals surface area contributed by atoms with Gasteiger partial charge in [0.1, 0.15) is 0 Å². The zero-order valence-electron chi connectivity index (χ0n) is 16.0. The van der Waals surface area contributed by atoms with Crippen LogP contribution in [0.3, 0.4) is 0 Å². The van der Waals surface area contributed by atoms with Gasteiger partial charge >= 0.3 is 0 Å². The number of carbonyl (C=O) groups excluding carboxylic acids is 1. The summed E-state index contributed by atoms with van der Waals surface area (Å²) in [5, 5.41) is 5.08. The van der Waals surface area contributed by atoms with E-state index in [9.17, 15) is 4.79 Å². The summed E-state index contributed by atoms with van der Waals surface area (Å²) < 4.78 is 1.19. The van der Waals surface area contributed by atoms with E-state index in [1.54, 1.807) is 22.7 Å². The van der Waals surface area contributed by atoms with Crippen LogP contribution in [0.25, 0.3) is 10.2 Å². The molecule has 5 nitrogen and oxygen atoms in total. The third-order valence-corrected chi connectivity index (χ3v) is 7.05. The molecule has 0 radical (unpaired) electrons. The van der Waals surface area contributed by atoms with Crippen molar-refractivity contribution in [3.63, 3.8) is 0 Å². The molecule has 3 heterocycles. The lowest BCUT2D eigenvalue weighted by molar-refractivity contribution is 0.0736. The van der Waals surface area contributed by atoms with Crippen LogP contribution >= 0.6 is 22.7 Å². The monoisotopic (exact) mass is 420 g/mol. The predicted molar refractivity (Wildman–Crippen MR) is 119 cm³/mol. The van der Waals surface area contributed by atoms with Crippen molar-refractivity contribution in [2.75, 3.05) is 11.9 Å². The summed E-state index contributed by atoms with van der Waals surface area (Å²) >= 11 is 3.26. The lowest BCUT2D eigenvalue weighted by Crippen LogP contribution is -2.35. The van der Waals surface area contributed by atoms with Gasteiger partial charge in [0.2, 0.25) is 0 Å². The maximum absolute atomic E-state index is 12.7. The average Bonchev–Trinajstić information content (AvgIpc) is 3.35. The van der Waals surface area contributed by atoms with Crippen LogP contribution in [0.1, 0.15) is 33.4 Å². The van der Waals surface area contributed by atoms with Crippen LogP contribution in [-0.4, -0.2) is 27.3 Å². The Balaban J connectivity index is 1.33. The van der Waals surface area contributed by atoms with Crippen molar-refractivity contribution in [1.29, 1.82) is 0 Å². The summed E-state index contributed by atoms with van der Waals surface area (Å²) in [5.74, 6) is 0.0806. The molecule has 0 atom stereocenters. The Hall–Kier alpha value is -2.77. The van der Waals surface area contributed by atoms with E-state index >= 15 is 0 Å². The van der Waals surface area contributed by atoms with E-state index in [1.807, 2.05) is 35.2 Å². The molecule has 1 N–H and O–H groups in total. The fourth-order valence-corrected chi connectivity index (χ4v) is 5.54. The predicted octanol–water partition coefficient (Wildman–Crippen LogP) is 5.26. The molecule has 0 bridgehead atoms. The smallest absolute Gasteiger partial charge is 0.254 e. The molecule has 146 valence electrons. The van der Waals surface area contributed by atoms with E-state index in [2.05, 4.69) is 35.4 Å². The first-order valence-electron chi connectivity index (χ1n) is 9.69. The molecule has 1 amide bonds. The zero-order chi connectivity index (χ0) is 19.8. The number of hydrogen-bond donors (Lipinski definition) is 1. The third-order valence-electron chi connectivity index (χ3n) is 5.11. The molecule has 2 aromatic carbocycles. The second-order valence-corrected chi connectivity index (χ2v) is 9.15. The summed E-state index contributed by atoms with van der Waals surface area (Å²) in [5.41, 5.74) is 4.15. The van der Waals surface area contributed by atoms with E-state index in [0.29, 0.717) is 13.1 Å². The second-order valence-electron chi connectivity index (χ2n) is 7.03. The molecule has 1 aliphatic rings.